The average molecular weight is 397 g/mol. The number of likely N-dealkylation sites (tertiary alicyclic amines) is 1. The summed E-state index contributed by atoms with van der Waals surface area (Å²) in [5.74, 6) is -0.555. The molecule has 2 fully saturated rings. The Hall–Kier alpha value is -1.73. The van der Waals surface area contributed by atoms with Gasteiger partial charge in [0, 0.05) is 29.4 Å². The van der Waals surface area contributed by atoms with Crippen molar-refractivity contribution >= 4 is 41.1 Å². The number of carbonyl (C=O) groups is 3. The van der Waals surface area contributed by atoms with E-state index in [0.29, 0.717) is 41.7 Å². The van der Waals surface area contributed by atoms with Gasteiger partial charge in [-0.3, -0.25) is 14.4 Å². The molecule has 2 saturated heterocycles. The fourth-order valence-corrected chi connectivity index (χ4v) is 4.80. The maximum absolute atomic E-state index is 13.0. The number of hydrogen-bond donors (Lipinski definition) is 1. The van der Waals surface area contributed by atoms with Crippen LogP contribution in [0.5, 0.6) is 0 Å². The highest BCUT2D eigenvalue weighted by molar-refractivity contribution is 7.99. The molecular formula is C18H21ClN2O4S. The summed E-state index contributed by atoms with van der Waals surface area (Å²) >= 11 is 7.43. The van der Waals surface area contributed by atoms with Gasteiger partial charge in [-0.25, -0.2) is 0 Å². The number of nitrogens with zero attached hydrogens (tertiary/aromatic N) is 2. The van der Waals surface area contributed by atoms with E-state index in [4.69, 9.17) is 11.6 Å². The summed E-state index contributed by atoms with van der Waals surface area (Å²) < 4.78 is 0. The topological polar surface area (TPSA) is 77.9 Å². The van der Waals surface area contributed by atoms with Gasteiger partial charge in [0.25, 0.3) is 5.91 Å². The molecule has 0 saturated carbocycles. The van der Waals surface area contributed by atoms with E-state index < -0.39 is 17.9 Å². The fourth-order valence-electron chi connectivity index (χ4n) is 3.53. The fraction of sp³-hybridized carbons (Fsp3) is 0.500. The molecule has 0 bridgehead atoms. The van der Waals surface area contributed by atoms with Gasteiger partial charge < -0.3 is 14.9 Å². The van der Waals surface area contributed by atoms with Gasteiger partial charge in [0.15, 0.2) is 0 Å². The lowest BCUT2D eigenvalue weighted by Crippen LogP contribution is -2.53. The molecule has 1 aromatic carbocycles. The summed E-state index contributed by atoms with van der Waals surface area (Å²) in [6.07, 6.45) is 0.452. The summed E-state index contributed by atoms with van der Waals surface area (Å²) in [5, 5.41) is 9.79. The highest BCUT2D eigenvalue weighted by Gasteiger charge is 2.40. The predicted octanol–water partition coefficient (Wildman–Crippen LogP) is 2.42. The van der Waals surface area contributed by atoms with Crippen molar-refractivity contribution in [2.75, 3.05) is 24.7 Å². The van der Waals surface area contributed by atoms with Gasteiger partial charge in [-0.1, -0.05) is 18.5 Å². The molecule has 2 aliphatic heterocycles. The Balaban J connectivity index is 1.70. The molecular weight excluding hydrogens is 376 g/mol. The molecule has 3 rings (SSSR count). The number of aliphatic carboxylic acids is 1. The van der Waals surface area contributed by atoms with Crippen molar-refractivity contribution in [1.82, 2.24) is 9.80 Å². The van der Waals surface area contributed by atoms with Crippen molar-refractivity contribution in [3.63, 3.8) is 0 Å². The zero-order valence-corrected chi connectivity index (χ0v) is 16.0. The van der Waals surface area contributed by atoms with E-state index >= 15 is 0 Å². The number of piperidine rings is 1. The van der Waals surface area contributed by atoms with Gasteiger partial charge in [0.2, 0.25) is 5.91 Å². The van der Waals surface area contributed by atoms with Crippen LogP contribution in [0.2, 0.25) is 5.02 Å². The molecule has 0 aliphatic carbocycles. The first kappa shape index (κ1) is 19.0. The summed E-state index contributed by atoms with van der Waals surface area (Å²) in [6.45, 7) is 2.70. The van der Waals surface area contributed by atoms with Crippen LogP contribution in [0.15, 0.2) is 24.3 Å². The third kappa shape index (κ3) is 3.83. The third-order valence-corrected chi connectivity index (χ3v) is 6.32. The number of carboxylic acid groups (broad SMARTS) is 1. The predicted molar refractivity (Wildman–Crippen MR) is 100 cm³/mol. The Kier molecular flexibility index (Phi) is 5.77. The lowest BCUT2D eigenvalue weighted by molar-refractivity contribution is -0.149. The first-order valence-electron chi connectivity index (χ1n) is 8.54. The second-order valence-electron chi connectivity index (χ2n) is 6.79. The zero-order chi connectivity index (χ0) is 18.8. The first-order chi connectivity index (χ1) is 12.4. The molecule has 3 atom stereocenters. The lowest BCUT2D eigenvalue weighted by Gasteiger charge is -2.37. The average Bonchev–Trinajstić information content (AvgIpc) is 3.10. The van der Waals surface area contributed by atoms with Gasteiger partial charge in [0.05, 0.1) is 11.8 Å². The second kappa shape index (κ2) is 7.88. The normalized spacial score (nSPS) is 26.0. The molecule has 3 unspecified atom stereocenters. The van der Waals surface area contributed by atoms with Gasteiger partial charge in [-0.15, -0.1) is 11.8 Å². The summed E-state index contributed by atoms with van der Waals surface area (Å²) in [6, 6.07) is 6.14. The number of carbonyl (C=O) groups excluding carboxylic acids is 2. The summed E-state index contributed by atoms with van der Waals surface area (Å²) in [5.41, 5.74) is 0.507. The molecule has 1 aromatic rings. The highest BCUT2D eigenvalue weighted by atomic mass is 35.5. The number of thioether (sulfide) groups is 1. The maximum Gasteiger partial charge on any atom is 0.306 e. The largest absolute Gasteiger partial charge is 0.481 e. The minimum atomic E-state index is -0.805. The second-order valence-corrected chi connectivity index (χ2v) is 8.23. The molecule has 2 aliphatic rings. The molecule has 8 heteroatoms. The SMILES string of the molecule is CC1CN(C(=O)C2CSCN2C(=O)c2ccc(Cl)cc2)CCC1C(=O)O. The van der Waals surface area contributed by atoms with E-state index in [0.717, 1.165) is 0 Å². The van der Waals surface area contributed by atoms with Crippen molar-refractivity contribution in [2.45, 2.75) is 19.4 Å². The van der Waals surface area contributed by atoms with E-state index in [1.54, 1.807) is 45.8 Å². The number of benzene rings is 1. The van der Waals surface area contributed by atoms with E-state index in [9.17, 15) is 19.5 Å². The third-order valence-electron chi connectivity index (χ3n) is 5.05. The minimum absolute atomic E-state index is 0.0898. The first-order valence-corrected chi connectivity index (χ1v) is 10.1. The van der Waals surface area contributed by atoms with E-state index in [1.807, 2.05) is 6.92 Å². The van der Waals surface area contributed by atoms with Gasteiger partial charge in [-0.05, 0) is 36.6 Å². The molecule has 0 spiro atoms. The van der Waals surface area contributed by atoms with Crippen molar-refractivity contribution in [1.29, 1.82) is 0 Å². The standard InChI is InChI=1S/C18H21ClN2O4S/c1-11-8-20(7-6-14(11)18(24)25)17(23)15-9-26-10-21(15)16(22)12-2-4-13(19)5-3-12/h2-5,11,14-15H,6-10H2,1H3,(H,24,25). The molecule has 26 heavy (non-hydrogen) atoms. The number of halogens is 1. The van der Waals surface area contributed by atoms with E-state index in [1.165, 1.54) is 0 Å². The Morgan fingerprint density at radius 3 is 2.54 bits per heavy atom. The zero-order valence-electron chi connectivity index (χ0n) is 14.4. The number of hydrogen-bond acceptors (Lipinski definition) is 4. The van der Waals surface area contributed by atoms with Crippen LogP contribution in [0.25, 0.3) is 0 Å². The van der Waals surface area contributed by atoms with Crippen LogP contribution >= 0.6 is 23.4 Å². The molecule has 0 radical (unpaired) electrons. The van der Waals surface area contributed by atoms with Gasteiger partial charge in [-0.2, -0.15) is 0 Å². The Morgan fingerprint density at radius 2 is 1.92 bits per heavy atom. The van der Waals surface area contributed by atoms with Crippen molar-refractivity contribution in [2.24, 2.45) is 11.8 Å². The monoisotopic (exact) mass is 396 g/mol. The van der Waals surface area contributed by atoms with E-state index in [-0.39, 0.29) is 17.7 Å². The summed E-state index contributed by atoms with van der Waals surface area (Å²) in [7, 11) is 0. The Morgan fingerprint density at radius 1 is 1.23 bits per heavy atom. The van der Waals surface area contributed by atoms with Gasteiger partial charge in [0.1, 0.15) is 6.04 Å². The Bertz CT molecular complexity index is 712. The van der Waals surface area contributed by atoms with Crippen molar-refractivity contribution < 1.29 is 19.5 Å². The highest BCUT2D eigenvalue weighted by Crippen LogP contribution is 2.28. The number of carboxylic acids is 1. The molecule has 6 nitrogen and oxygen atoms in total. The molecule has 2 amide bonds. The van der Waals surface area contributed by atoms with Crippen molar-refractivity contribution in [3.8, 4) is 0 Å². The quantitative estimate of drug-likeness (QED) is 0.848. The van der Waals surface area contributed by atoms with Crippen LogP contribution in [0, 0.1) is 11.8 Å². The van der Waals surface area contributed by atoms with Crippen molar-refractivity contribution in [3.05, 3.63) is 34.9 Å². The maximum atomic E-state index is 13.0. The van der Waals surface area contributed by atoms with Crippen LogP contribution in [-0.2, 0) is 9.59 Å². The van der Waals surface area contributed by atoms with Crippen LogP contribution in [0.4, 0.5) is 0 Å². The minimum Gasteiger partial charge on any atom is -0.481 e. The smallest absolute Gasteiger partial charge is 0.306 e. The van der Waals surface area contributed by atoms with Crippen LogP contribution < -0.4 is 0 Å². The van der Waals surface area contributed by atoms with Crippen LogP contribution in [-0.4, -0.2) is 63.5 Å². The molecule has 0 aromatic heterocycles. The van der Waals surface area contributed by atoms with Gasteiger partial charge >= 0.3 is 5.97 Å². The molecule has 1 N–H and O–H groups in total. The lowest BCUT2D eigenvalue weighted by atomic mass is 9.87. The van der Waals surface area contributed by atoms with Crippen LogP contribution in [0.1, 0.15) is 23.7 Å². The molecule has 2 heterocycles. The van der Waals surface area contributed by atoms with E-state index in [2.05, 4.69) is 0 Å². The summed E-state index contributed by atoms with van der Waals surface area (Å²) in [4.78, 5) is 40.3. The Labute approximate surface area is 161 Å². The number of amides is 2. The van der Waals surface area contributed by atoms with Crippen LogP contribution in [0.3, 0.4) is 0 Å². The number of rotatable bonds is 3. The molecule has 140 valence electrons.